The molecule has 0 bridgehead atoms. The molecule has 41 heavy (non-hydrogen) atoms. The predicted octanol–water partition coefficient (Wildman–Crippen LogP) is 5.40. The Bertz CT molecular complexity index is 1460. The Balaban J connectivity index is 1.24. The zero-order valence-electron chi connectivity index (χ0n) is 24.3. The van der Waals surface area contributed by atoms with Crippen LogP contribution in [0.1, 0.15) is 54.9 Å². The van der Waals surface area contributed by atoms with Crippen LogP contribution >= 0.6 is 15.9 Å². The molecule has 10 heteroatoms. The van der Waals surface area contributed by atoms with E-state index in [0.717, 1.165) is 58.5 Å². The third kappa shape index (κ3) is 6.23. The fourth-order valence-electron chi connectivity index (χ4n) is 5.75. The summed E-state index contributed by atoms with van der Waals surface area (Å²) in [5, 5.41) is 9.78. The second-order valence-corrected chi connectivity index (χ2v) is 12.6. The number of benzene rings is 2. The van der Waals surface area contributed by atoms with Crippen molar-refractivity contribution < 1.29 is 9.59 Å². The lowest BCUT2D eigenvalue weighted by Gasteiger charge is -2.33. The number of anilines is 4. The summed E-state index contributed by atoms with van der Waals surface area (Å²) in [6.45, 7) is 8.57. The number of rotatable bonds is 8. The van der Waals surface area contributed by atoms with Gasteiger partial charge in [-0.3, -0.25) is 9.59 Å². The Morgan fingerprint density at radius 2 is 1.95 bits per heavy atom. The van der Waals surface area contributed by atoms with Crippen LogP contribution in [0.2, 0.25) is 0 Å². The molecule has 216 valence electrons. The van der Waals surface area contributed by atoms with Gasteiger partial charge in [0.25, 0.3) is 0 Å². The largest absolute Gasteiger partial charge is 0.365 e. The van der Waals surface area contributed by atoms with Gasteiger partial charge in [0.1, 0.15) is 5.82 Å². The number of carbonyl (C=O) groups is 2. The number of piperidine rings is 1. The van der Waals surface area contributed by atoms with E-state index in [-0.39, 0.29) is 11.8 Å². The number of halogens is 1. The molecular weight excluding hydrogens is 582 g/mol. The Kier molecular flexibility index (Phi) is 8.33. The molecule has 1 saturated heterocycles. The fraction of sp³-hybridized carbons (Fsp3) is 0.419. The Labute approximate surface area is 250 Å². The van der Waals surface area contributed by atoms with Crippen molar-refractivity contribution in [2.45, 2.75) is 51.5 Å². The van der Waals surface area contributed by atoms with E-state index in [0.29, 0.717) is 30.8 Å². The minimum absolute atomic E-state index is 0.0107. The van der Waals surface area contributed by atoms with Gasteiger partial charge in [0.15, 0.2) is 0 Å². The first-order chi connectivity index (χ1) is 19.5. The quantitative estimate of drug-likeness (QED) is 0.310. The van der Waals surface area contributed by atoms with Crippen LogP contribution in [-0.4, -0.2) is 65.3 Å². The van der Waals surface area contributed by atoms with E-state index in [1.807, 2.05) is 55.9 Å². The number of hydrogen-bond donors (Lipinski definition) is 3. The lowest BCUT2D eigenvalue weighted by Crippen LogP contribution is -2.42. The first-order valence-electron chi connectivity index (χ1n) is 14.0. The SMILES string of the molecule is Cc1cc(C2CCN(C(=O)CN(C)C)CC2)ccc1Nc1ncc(Br)c(NCc2cccc3c2C(C)(C)C(=O)N3)n1. The first kappa shape index (κ1) is 29.0. The van der Waals surface area contributed by atoms with Gasteiger partial charge in [-0.2, -0.15) is 4.98 Å². The maximum Gasteiger partial charge on any atom is 0.236 e. The van der Waals surface area contributed by atoms with Crippen molar-refractivity contribution in [3.8, 4) is 0 Å². The number of nitrogens with zero attached hydrogens (tertiary/aromatic N) is 4. The van der Waals surface area contributed by atoms with E-state index in [4.69, 9.17) is 4.98 Å². The summed E-state index contributed by atoms with van der Waals surface area (Å²) in [7, 11) is 3.86. The Hall–Kier alpha value is -3.50. The number of nitrogens with one attached hydrogen (secondary N) is 3. The molecule has 5 rings (SSSR count). The molecule has 0 spiro atoms. The Morgan fingerprint density at radius 3 is 2.66 bits per heavy atom. The molecule has 2 aliphatic rings. The predicted molar refractivity (Wildman–Crippen MR) is 167 cm³/mol. The molecule has 3 N–H and O–H groups in total. The minimum atomic E-state index is -0.590. The average Bonchev–Trinajstić information content (AvgIpc) is 3.17. The van der Waals surface area contributed by atoms with Crippen molar-refractivity contribution in [3.05, 3.63) is 69.3 Å². The third-order valence-corrected chi connectivity index (χ3v) is 8.63. The highest BCUT2D eigenvalue weighted by atomic mass is 79.9. The normalized spacial score (nSPS) is 16.5. The number of aromatic nitrogens is 2. The average molecular weight is 621 g/mol. The molecule has 2 amide bonds. The van der Waals surface area contributed by atoms with Crippen molar-refractivity contribution in [2.75, 3.05) is 49.7 Å². The van der Waals surface area contributed by atoms with Crippen LogP contribution in [0.4, 0.5) is 23.1 Å². The van der Waals surface area contributed by atoms with Crippen molar-refractivity contribution in [1.29, 1.82) is 0 Å². The van der Waals surface area contributed by atoms with Gasteiger partial charge in [0, 0.05) is 37.2 Å². The van der Waals surface area contributed by atoms with Gasteiger partial charge < -0.3 is 25.8 Å². The van der Waals surface area contributed by atoms with Crippen LogP contribution in [0.3, 0.4) is 0 Å². The van der Waals surface area contributed by atoms with Crippen molar-refractivity contribution in [1.82, 2.24) is 19.8 Å². The van der Waals surface area contributed by atoms with E-state index in [2.05, 4.69) is 62.0 Å². The molecule has 2 aromatic carbocycles. The molecule has 1 aromatic heterocycles. The molecular formula is C31H38BrN7O2. The number of amides is 2. The highest BCUT2D eigenvalue weighted by molar-refractivity contribution is 9.10. The number of hydrogen-bond acceptors (Lipinski definition) is 7. The van der Waals surface area contributed by atoms with Crippen LogP contribution in [0, 0.1) is 6.92 Å². The fourth-order valence-corrected chi connectivity index (χ4v) is 6.08. The van der Waals surface area contributed by atoms with Gasteiger partial charge in [-0.15, -0.1) is 0 Å². The molecule has 9 nitrogen and oxygen atoms in total. The Morgan fingerprint density at radius 1 is 1.20 bits per heavy atom. The topological polar surface area (TPSA) is 102 Å². The number of likely N-dealkylation sites (tertiary alicyclic amines) is 1. The van der Waals surface area contributed by atoms with Crippen LogP contribution in [0.5, 0.6) is 0 Å². The minimum Gasteiger partial charge on any atom is -0.365 e. The zero-order valence-corrected chi connectivity index (χ0v) is 25.9. The van der Waals surface area contributed by atoms with Gasteiger partial charge in [-0.1, -0.05) is 24.3 Å². The van der Waals surface area contributed by atoms with Crippen molar-refractivity contribution in [2.24, 2.45) is 0 Å². The van der Waals surface area contributed by atoms with Gasteiger partial charge in [0.05, 0.1) is 16.4 Å². The number of aryl methyl sites for hydroxylation is 1. The monoisotopic (exact) mass is 619 g/mol. The lowest BCUT2D eigenvalue weighted by molar-refractivity contribution is -0.132. The molecule has 0 radical (unpaired) electrons. The summed E-state index contributed by atoms with van der Waals surface area (Å²) < 4.78 is 0.756. The summed E-state index contributed by atoms with van der Waals surface area (Å²) in [5.74, 6) is 1.82. The summed E-state index contributed by atoms with van der Waals surface area (Å²) in [4.78, 5) is 38.0. The van der Waals surface area contributed by atoms with Crippen molar-refractivity contribution in [3.63, 3.8) is 0 Å². The molecule has 1 fully saturated rings. The van der Waals surface area contributed by atoms with Crippen molar-refractivity contribution >= 4 is 50.9 Å². The lowest BCUT2D eigenvalue weighted by atomic mass is 9.83. The second kappa shape index (κ2) is 11.8. The van der Waals surface area contributed by atoms with Crippen LogP contribution in [0.15, 0.2) is 47.1 Å². The van der Waals surface area contributed by atoms with Crippen LogP contribution < -0.4 is 16.0 Å². The molecule has 0 aliphatic carbocycles. The first-order valence-corrected chi connectivity index (χ1v) is 14.8. The van der Waals surface area contributed by atoms with E-state index in [1.165, 1.54) is 5.56 Å². The van der Waals surface area contributed by atoms with Gasteiger partial charge in [-0.05, 0) is 104 Å². The summed E-state index contributed by atoms with van der Waals surface area (Å²) in [6, 6.07) is 12.4. The number of fused-ring (bicyclic) bond motifs is 1. The van der Waals surface area contributed by atoms with E-state index in [9.17, 15) is 9.59 Å². The number of carbonyl (C=O) groups excluding carboxylic acids is 2. The molecule has 0 saturated carbocycles. The third-order valence-electron chi connectivity index (χ3n) is 8.05. The van der Waals surface area contributed by atoms with E-state index < -0.39 is 5.41 Å². The smallest absolute Gasteiger partial charge is 0.236 e. The van der Waals surface area contributed by atoms with Gasteiger partial charge in [0.2, 0.25) is 17.8 Å². The maximum absolute atomic E-state index is 12.5. The zero-order chi connectivity index (χ0) is 29.3. The van der Waals surface area contributed by atoms with Gasteiger partial charge >= 0.3 is 0 Å². The molecule has 2 aliphatic heterocycles. The van der Waals surface area contributed by atoms with Crippen LogP contribution in [0.25, 0.3) is 0 Å². The highest BCUT2D eigenvalue weighted by Crippen LogP contribution is 2.40. The molecule has 0 unspecified atom stereocenters. The number of likely N-dealkylation sites (N-methyl/N-ethyl adjacent to an activating group) is 1. The highest BCUT2D eigenvalue weighted by Gasteiger charge is 2.39. The van der Waals surface area contributed by atoms with Gasteiger partial charge in [-0.25, -0.2) is 4.98 Å². The van der Waals surface area contributed by atoms with E-state index >= 15 is 0 Å². The second-order valence-electron chi connectivity index (χ2n) is 11.8. The molecule has 3 heterocycles. The van der Waals surface area contributed by atoms with Crippen LogP contribution in [-0.2, 0) is 21.5 Å². The van der Waals surface area contributed by atoms with E-state index in [1.54, 1.807) is 6.20 Å². The molecule has 0 atom stereocenters. The summed E-state index contributed by atoms with van der Waals surface area (Å²) in [6.07, 6.45) is 3.68. The molecule has 3 aromatic rings. The summed E-state index contributed by atoms with van der Waals surface area (Å²) >= 11 is 3.57. The standard InChI is InChI=1S/C31H38BrN7O2/c1-19-15-21(20-11-13-39(14-12-20)26(40)18-38(4)5)9-10-24(19)36-30-34-17-23(32)28(37-30)33-16-22-7-6-8-25-27(22)31(2,3)29(41)35-25/h6-10,15,17,20H,11-14,16,18H2,1-5H3,(H,35,41)(H2,33,34,36,37). The maximum atomic E-state index is 12.5. The summed E-state index contributed by atoms with van der Waals surface area (Å²) in [5.41, 5.74) is 5.71.